The van der Waals surface area contributed by atoms with Crippen molar-refractivity contribution in [2.24, 2.45) is 0 Å². The average Bonchev–Trinajstić information content (AvgIpc) is 2.97. The lowest BCUT2D eigenvalue weighted by Gasteiger charge is -2.07. The van der Waals surface area contributed by atoms with Gasteiger partial charge in [0, 0.05) is 6.20 Å². The van der Waals surface area contributed by atoms with E-state index >= 15 is 0 Å². The highest BCUT2D eigenvalue weighted by molar-refractivity contribution is 5.89. The number of hydrogen-bond acceptors (Lipinski definition) is 5. The minimum Gasteiger partial charge on any atom is -0.506 e. The Morgan fingerprint density at radius 3 is 2.76 bits per heavy atom. The number of nitrogens with one attached hydrogen (secondary N) is 1. The van der Waals surface area contributed by atoms with E-state index in [1.165, 1.54) is 17.0 Å². The summed E-state index contributed by atoms with van der Waals surface area (Å²) in [6.07, 6.45) is 2.80. The fourth-order valence-corrected chi connectivity index (χ4v) is 2.36. The highest BCUT2D eigenvalue weighted by Gasteiger charge is 2.16. The molecule has 102 valence electrons. The van der Waals surface area contributed by atoms with Gasteiger partial charge in [0.1, 0.15) is 12.1 Å². The van der Waals surface area contributed by atoms with E-state index in [0.717, 1.165) is 0 Å². The summed E-state index contributed by atoms with van der Waals surface area (Å²) in [4.78, 5) is 23.1. The Bertz CT molecular complexity index is 1020. The SMILES string of the molecule is O=c1[nH]c2c(cnc3ncnn32)c(O)c1-c1ccccc1. The quantitative estimate of drug-likeness (QED) is 0.548. The van der Waals surface area contributed by atoms with Crippen molar-refractivity contribution in [3.8, 4) is 16.9 Å². The number of aromatic hydroxyl groups is 1. The summed E-state index contributed by atoms with van der Waals surface area (Å²) in [5.74, 6) is 0.231. The Hall–Kier alpha value is -3.22. The average molecular weight is 279 g/mol. The fraction of sp³-hybridized carbons (Fsp3) is 0. The molecule has 3 heterocycles. The normalized spacial score (nSPS) is 11.2. The first-order valence-electron chi connectivity index (χ1n) is 6.25. The molecule has 4 aromatic rings. The Labute approximate surface area is 117 Å². The van der Waals surface area contributed by atoms with Crippen LogP contribution in [0.3, 0.4) is 0 Å². The number of aromatic nitrogens is 5. The van der Waals surface area contributed by atoms with Gasteiger partial charge in [0.15, 0.2) is 5.65 Å². The third-order valence-electron chi connectivity index (χ3n) is 3.32. The number of hydrogen-bond donors (Lipinski definition) is 2. The van der Waals surface area contributed by atoms with Crippen LogP contribution in [0.2, 0.25) is 0 Å². The van der Waals surface area contributed by atoms with Crippen LogP contribution in [-0.4, -0.2) is 29.7 Å². The molecule has 3 aromatic heterocycles. The van der Waals surface area contributed by atoms with Gasteiger partial charge in [-0.2, -0.15) is 14.6 Å². The maximum atomic E-state index is 12.3. The van der Waals surface area contributed by atoms with Crippen molar-refractivity contribution in [2.75, 3.05) is 0 Å². The second kappa shape index (κ2) is 4.14. The van der Waals surface area contributed by atoms with Gasteiger partial charge < -0.3 is 10.1 Å². The molecule has 0 aliphatic rings. The lowest BCUT2D eigenvalue weighted by Crippen LogP contribution is -2.12. The number of pyridine rings is 1. The van der Waals surface area contributed by atoms with Crippen LogP contribution in [0, 0.1) is 0 Å². The predicted molar refractivity (Wildman–Crippen MR) is 76.0 cm³/mol. The molecule has 0 bridgehead atoms. The second-order valence-electron chi connectivity index (χ2n) is 4.54. The molecule has 0 fully saturated rings. The van der Waals surface area contributed by atoms with Crippen molar-refractivity contribution in [3.63, 3.8) is 0 Å². The molecular formula is C14H9N5O2. The van der Waals surface area contributed by atoms with Crippen molar-refractivity contribution in [1.29, 1.82) is 0 Å². The summed E-state index contributed by atoms with van der Waals surface area (Å²) in [7, 11) is 0. The van der Waals surface area contributed by atoms with Crippen molar-refractivity contribution >= 4 is 16.8 Å². The van der Waals surface area contributed by atoms with Crippen LogP contribution in [0.15, 0.2) is 47.7 Å². The minimum absolute atomic E-state index is 0.121. The van der Waals surface area contributed by atoms with E-state index in [-0.39, 0.29) is 11.3 Å². The highest BCUT2D eigenvalue weighted by atomic mass is 16.3. The van der Waals surface area contributed by atoms with Gasteiger partial charge in [-0.25, -0.2) is 4.98 Å². The smallest absolute Gasteiger partial charge is 0.261 e. The van der Waals surface area contributed by atoms with Crippen molar-refractivity contribution in [3.05, 3.63) is 53.2 Å². The molecule has 1 aromatic carbocycles. The summed E-state index contributed by atoms with van der Waals surface area (Å²) in [6, 6.07) is 8.97. The van der Waals surface area contributed by atoms with Crippen LogP contribution in [0.4, 0.5) is 0 Å². The summed E-state index contributed by atoms with van der Waals surface area (Å²) >= 11 is 0. The Morgan fingerprint density at radius 1 is 1.14 bits per heavy atom. The number of fused-ring (bicyclic) bond motifs is 3. The summed E-state index contributed by atoms with van der Waals surface area (Å²) in [6.45, 7) is 0. The molecule has 4 rings (SSSR count). The van der Waals surface area contributed by atoms with Crippen LogP contribution in [0.5, 0.6) is 5.75 Å². The van der Waals surface area contributed by atoms with Gasteiger partial charge in [-0.15, -0.1) is 0 Å². The number of rotatable bonds is 1. The molecule has 0 amide bonds. The van der Waals surface area contributed by atoms with E-state index in [2.05, 4.69) is 20.1 Å². The van der Waals surface area contributed by atoms with Gasteiger partial charge in [0.25, 0.3) is 11.3 Å². The van der Waals surface area contributed by atoms with Crippen LogP contribution in [-0.2, 0) is 0 Å². The van der Waals surface area contributed by atoms with E-state index < -0.39 is 5.56 Å². The molecule has 0 saturated carbocycles. The maximum absolute atomic E-state index is 12.3. The van der Waals surface area contributed by atoms with Crippen molar-refractivity contribution in [1.82, 2.24) is 24.6 Å². The molecule has 2 N–H and O–H groups in total. The van der Waals surface area contributed by atoms with Gasteiger partial charge >= 0.3 is 0 Å². The zero-order chi connectivity index (χ0) is 14.4. The van der Waals surface area contributed by atoms with E-state index in [9.17, 15) is 9.90 Å². The molecule has 7 heteroatoms. The van der Waals surface area contributed by atoms with E-state index in [0.29, 0.717) is 22.4 Å². The van der Waals surface area contributed by atoms with Gasteiger partial charge in [0.2, 0.25) is 0 Å². The molecular weight excluding hydrogens is 270 g/mol. The first kappa shape index (κ1) is 11.6. The van der Waals surface area contributed by atoms with Crippen molar-refractivity contribution in [2.45, 2.75) is 0 Å². The number of benzene rings is 1. The topological polar surface area (TPSA) is 96.2 Å². The number of nitrogens with zero attached hydrogens (tertiary/aromatic N) is 4. The number of H-pyrrole nitrogens is 1. The van der Waals surface area contributed by atoms with Crippen LogP contribution in [0.1, 0.15) is 0 Å². The minimum atomic E-state index is -0.394. The van der Waals surface area contributed by atoms with E-state index in [1.54, 1.807) is 24.3 Å². The Balaban J connectivity index is 2.16. The maximum Gasteiger partial charge on any atom is 0.261 e. The second-order valence-corrected chi connectivity index (χ2v) is 4.54. The standard InChI is InChI=1S/C14H9N5O2/c20-11-9-6-15-14-16-7-17-19(14)12(9)18-13(21)10(11)8-4-2-1-3-5-8/h1-7H,(H2,18,20,21). The molecule has 0 radical (unpaired) electrons. The van der Waals surface area contributed by atoms with Crippen LogP contribution >= 0.6 is 0 Å². The predicted octanol–water partition coefficient (Wildman–Crippen LogP) is 1.34. The molecule has 0 aliphatic carbocycles. The zero-order valence-corrected chi connectivity index (χ0v) is 10.7. The van der Waals surface area contributed by atoms with Gasteiger partial charge in [-0.3, -0.25) is 4.79 Å². The monoisotopic (exact) mass is 279 g/mol. The third-order valence-corrected chi connectivity index (χ3v) is 3.32. The molecule has 0 aliphatic heterocycles. The Morgan fingerprint density at radius 2 is 1.95 bits per heavy atom. The van der Waals surface area contributed by atoms with Gasteiger partial charge in [0.05, 0.1) is 10.9 Å². The molecule has 7 nitrogen and oxygen atoms in total. The van der Waals surface area contributed by atoms with Crippen LogP contribution in [0.25, 0.3) is 27.9 Å². The molecule has 0 spiro atoms. The summed E-state index contributed by atoms with van der Waals surface area (Å²) in [5.41, 5.74) is 0.815. The fourth-order valence-electron chi connectivity index (χ4n) is 2.36. The molecule has 0 unspecified atom stereocenters. The zero-order valence-electron chi connectivity index (χ0n) is 10.7. The third kappa shape index (κ3) is 1.61. The first-order chi connectivity index (χ1) is 10.3. The highest BCUT2D eigenvalue weighted by Crippen LogP contribution is 2.31. The largest absolute Gasteiger partial charge is 0.506 e. The summed E-state index contributed by atoms with van der Waals surface area (Å²) in [5, 5.41) is 14.9. The van der Waals surface area contributed by atoms with Gasteiger partial charge in [-0.05, 0) is 5.56 Å². The molecule has 0 atom stereocenters. The van der Waals surface area contributed by atoms with E-state index in [1.807, 2.05) is 6.07 Å². The molecule has 0 saturated heterocycles. The lowest BCUT2D eigenvalue weighted by molar-refractivity contribution is 0.482. The Kier molecular flexibility index (Phi) is 2.28. The lowest BCUT2D eigenvalue weighted by atomic mass is 10.1. The van der Waals surface area contributed by atoms with E-state index in [4.69, 9.17) is 0 Å². The van der Waals surface area contributed by atoms with Gasteiger partial charge in [-0.1, -0.05) is 30.3 Å². The summed E-state index contributed by atoms with van der Waals surface area (Å²) < 4.78 is 1.38. The number of aromatic amines is 1. The first-order valence-corrected chi connectivity index (χ1v) is 6.25. The van der Waals surface area contributed by atoms with Crippen molar-refractivity contribution < 1.29 is 5.11 Å². The molecule has 21 heavy (non-hydrogen) atoms. The van der Waals surface area contributed by atoms with Crippen LogP contribution < -0.4 is 5.56 Å².